The second kappa shape index (κ2) is 12.5. The van der Waals surface area contributed by atoms with Crippen molar-refractivity contribution in [1.29, 1.82) is 0 Å². The number of rotatable bonds is 5. The molecule has 242 valence electrons. The Morgan fingerprint density at radius 2 is 0.635 bits per heavy atom. The first-order valence-corrected chi connectivity index (χ1v) is 18.0. The molecule has 0 atom stereocenters. The summed E-state index contributed by atoms with van der Waals surface area (Å²) in [6.07, 6.45) is 0. The molecule has 10 rings (SSSR count). The highest BCUT2D eigenvalue weighted by Crippen LogP contribution is 2.47. The summed E-state index contributed by atoms with van der Waals surface area (Å²) >= 11 is 0. The van der Waals surface area contributed by atoms with Crippen LogP contribution in [0.25, 0.3) is 98.7 Å². The minimum absolute atomic E-state index is 1.21. The molecule has 0 aliphatic rings. The molecule has 0 aromatic heterocycles. The molecule has 52 heavy (non-hydrogen) atoms. The molecule has 10 aromatic rings. The average Bonchev–Trinajstić information content (AvgIpc) is 3.23. The summed E-state index contributed by atoms with van der Waals surface area (Å²) in [5.74, 6) is 0. The van der Waals surface area contributed by atoms with Gasteiger partial charge in [-0.1, -0.05) is 194 Å². The fourth-order valence-corrected chi connectivity index (χ4v) is 8.28. The molecule has 0 unspecified atom stereocenters. The van der Waals surface area contributed by atoms with Gasteiger partial charge in [0.05, 0.1) is 0 Å². The maximum atomic E-state index is 2.38. The van der Waals surface area contributed by atoms with Crippen molar-refractivity contribution in [3.63, 3.8) is 0 Å². The largest absolute Gasteiger partial charge is 0.0622 e. The lowest BCUT2D eigenvalue weighted by molar-refractivity contribution is 1.58. The second-order valence-electron chi connectivity index (χ2n) is 13.6. The first-order chi connectivity index (χ1) is 25.8. The van der Waals surface area contributed by atoms with Gasteiger partial charge in [0.1, 0.15) is 0 Å². The van der Waals surface area contributed by atoms with E-state index in [-0.39, 0.29) is 0 Å². The molecular formula is C52H34. The molecular weight excluding hydrogens is 625 g/mol. The Hall–Kier alpha value is -6.76. The van der Waals surface area contributed by atoms with E-state index in [4.69, 9.17) is 0 Å². The summed E-state index contributed by atoms with van der Waals surface area (Å²) in [6, 6.07) is 75.5. The molecule has 0 fully saturated rings. The molecule has 0 bridgehead atoms. The van der Waals surface area contributed by atoms with Crippen LogP contribution in [0.15, 0.2) is 206 Å². The van der Waals surface area contributed by atoms with Crippen LogP contribution in [0.3, 0.4) is 0 Å². The van der Waals surface area contributed by atoms with E-state index >= 15 is 0 Å². The van der Waals surface area contributed by atoms with E-state index in [0.29, 0.717) is 0 Å². The van der Waals surface area contributed by atoms with Crippen molar-refractivity contribution < 1.29 is 0 Å². The molecule has 0 amide bonds. The Morgan fingerprint density at radius 1 is 0.192 bits per heavy atom. The molecule has 0 radical (unpaired) electrons. The smallest absolute Gasteiger partial charge is 0.00201 e. The summed E-state index contributed by atoms with van der Waals surface area (Å²) < 4.78 is 0. The second-order valence-corrected chi connectivity index (χ2v) is 13.6. The number of fused-ring (bicyclic) bond motifs is 5. The van der Waals surface area contributed by atoms with Gasteiger partial charge in [-0.3, -0.25) is 0 Å². The monoisotopic (exact) mass is 658 g/mol. The molecule has 10 aromatic carbocycles. The van der Waals surface area contributed by atoms with Gasteiger partial charge in [-0.15, -0.1) is 0 Å². The van der Waals surface area contributed by atoms with Crippen molar-refractivity contribution in [1.82, 2.24) is 0 Å². The van der Waals surface area contributed by atoms with Crippen LogP contribution in [-0.4, -0.2) is 0 Å². The number of hydrogen-bond donors (Lipinski definition) is 0. The predicted molar refractivity (Wildman–Crippen MR) is 224 cm³/mol. The van der Waals surface area contributed by atoms with E-state index in [9.17, 15) is 0 Å². The van der Waals surface area contributed by atoms with Gasteiger partial charge in [-0.2, -0.15) is 0 Å². The highest BCUT2D eigenvalue weighted by Gasteiger charge is 2.20. The van der Waals surface area contributed by atoms with Crippen molar-refractivity contribution in [3.05, 3.63) is 206 Å². The van der Waals surface area contributed by atoms with Crippen LogP contribution in [0.5, 0.6) is 0 Å². The van der Waals surface area contributed by atoms with Crippen molar-refractivity contribution in [3.8, 4) is 55.6 Å². The molecule has 0 N–H and O–H groups in total. The third-order valence-corrected chi connectivity index (χ3v) is 10.7. The van der Waals surface area contributed by atoms with E-state index in [1.165, 1.54) is 98.7 Å². The Bertz CT molecular complexity index is 2880. The van der Waals surface area contributed by atoms with E-state index in [0.717, 1.165) is 0 Å². The lowest BCUT2D eigenvalue weighted by atomic mass is 9.82. The summed E-state index contributed by atoms with van der Waals surface area (Å²) in [5, 5.41) is 10.1. The van der Waals surface area contributed by atoms with Crippen molar-refractivity contribution >= 4 is 43.1 Å². The third-order valence-electron chi connectivity index (χ3n) is 10.7. The van der Waals surface area contributed by atoms with Crippen LogP contribution in [-0.2, 0) is 0 Å². The Balaban J connectivity index is 1.17. The van der Waals surface area contributed by atoms with Crippen LogP contribution in [0.4, 0.5) is 0 Å². The van der Waals surface area contributed by atoms with E-state index < -0.39 is 0 Å². The molecule has 0 aliphatic heterocycles. The molecule has 0 heterocycles. The number of hydrogen-bond acceptors (Lipinski definition) is 0. The maximum Gasteiger partial charge on any atom is -0.00201 e. The minimum atomic E-state index is 1.21. The standard InChI is InChI=1S/C52H34/c1-2-15-35(16-3-1)38-18-14-19-39(33-38)36-29-31-37(32-30-36)51-46-25-10-12-27-48(46)52(49-28-13-11-26-47(49)51)45-24-9-8-23-44(45)50-34-40-17-4-5-20-41(40)42-21-6-7-22-43(42)50/h1-34H. The van der Waals surface area contributed by atoms with Crippen molar-refractivity contribution in [2.45, 2.75) is 0 Å². The summed E-state index contributed by atoms with van der Waals surface area (Å²) in [4.78, 5) is 0. The van der Waals surface area contributed by atoms with Gasteiger partial charge in [-0.25, -0.2) is 0 Å². The Labute approximate surface area is 303 Å². The minimum Gasteiger partial charge on any atom is -0.0622 e. The molecule has 0 spiro atoms. The van der Waals surface area contributed by atoms with E-state index in [1.54, 1.807) is 0 Å². The predicted octanol–water partition coefficient (Wildman–Crippen LogP) is 14.6. The quantitative estimate of drug-likeness (QED) is 0.128. The molecule has 0 heteroatoms. The van der Waals surface area contributed by atoms with Crippen LogP contribution in [0.2, 0.25) is 0 Å². The Kier molecular flexibility index (Phi) is 7.25. The van der Waals surface area contributed by atoms with Gasteiger partial charge in [0.15, 0.2) is 0 Å². The van der Waals surface area contributed by atoms with Gasteiger partial charge in [0.25, 0.3) is 0 Å². The van der Waals surface area contributed by atoms with Crippen LogP contribution >= 0.6 is 0 Å². The summed E-state index contributed by atoms with van der Waals surface area (Å²) in [7, 11) is 0. The fraction of sp³-hybridized carbons (Fsp3) is 0. The highest BCUT2D eigenvalue weighted by molar-refractivity contribution is 6.23. The normalized spacial score (nSPS) is 11.5. The average molecular weight is 659 g/mol. The van der Waals surface area contributed by atoms with Gasteiger partial charge in [-0.05, 0) is 111 Å². The first-order valence-electron chi connectivity index (χ1n) is 18.0. The molecule has 0 saturated carbocycles. The molecule has 0 saturated heterocycles. The highest BCUT2D eigenvalue weighted by atomic mass is 14.2. The first kappa shape index (κ1) is 30.1. The van der Waals surface area contributed by atoms with Gasteiger partial charge >= 0.3 is 0 Å². The van der Waals surface area contributed by atoms with Crippen LogP contribution in [0.1, 0.15) is 0 Å². The van der Waals surface area contributed by atoms with E-state index in [2.05, 4.69) is 206 Å². The SMILES string of the molecule is c1ccc(-c2cccc(-c3ccc(-c4c5ccccc5c(-c5ccccc5-c5cc6ccccc6c6ccccc56)c5ccccc45)cc3)c2)cc1. The van der Waals surface area contributed by atoms with Gasteiger partial charge in [0, 0.05) is 0 Å². The Morgan fingerprint density at radius 3 is 1.29 bits per heavy atom. The van der Waals surface area contributed by atoms with Crippen LogP contribution < -0.4 is 0 Å². The lowest BCUT2D eigenvalue weighted by Gasteiger charge is -2.20. The zero-order valence-electron chi connectivity index (χ0n) is 28.6. The topological polar surface area (TPSA) is 0 Å². The molecule has 0 nitrogen and oxygen atoms in total. The lowest BCUT2D eigenvalue weighted by Crippen LogP contribution is -1.93. The van der Waals surface area contributed by atoms with Crippen molar-refractivity contribution in [2.75, 3.05) is 0 Å². The fourth-order valence-electron chi connectivity index (χ4n) is 8.28. The summed E-state index contributed by atoms with van der Waals surface area (Å²) in [5.41, 5.74) is 12.4. The van der Waals surface area contributed by atoms with Crippen molar-refractivity contribution in [2.24, 2.45) is 0 Å². The summed E-state index contributed by atoms with van der Waals surface area (Å²) in [6.45, 7) is 0. The van der Waals surface area contributed by atoms with Gasteiger partial charge in [0.2, 0.25) is 0 Å². The zero-order chi connectivity index (χ0) is 34.4. The third kappa shape index (κ3) is 5.00. The van der Waals surface area contributed by atoms with Gasteiger partial charge < -0.3 is 0 Å². The van der Waals surface area contributed by atoms with E-state index in [1.807, 2.05) is 0 Å². The molecule has 0 aliphatic carbocycles. The van der Waals surface area contributed by atoms with Crippen LogP contribution in [0, 0.1) is 0 Å². The maximum absolute atomic E-state index is 2.38. The zero-order valence-corrected chi connectivity index (χ0v) is 28.6. The number of benzene rings is 10.